The molecule has 0 radical (unpaired) electrons. The summed E-state index contributed by atoms with van der Waals surface area (Å²) in [5.41, 5.74) is 2.65. The van der Waals surface area contributed by atoms with Gasteiger partial charge >= 0.3 is 0 Å². The van der Waals surface area contributed by atoms with E-state index in [1.54, 1.807) is 11.3 Å². The van der Waals surface area contributed by atoms with Gasteiger partial charge in [-0.05, 0) is 31.4 Å². The highest BCUT2D eigenvalue weighted by Gasteiger charge is 2.17. The zero-order chi connectivity index (χ0) is 13.1. The van der Waals surface area contributed by atoms with Crippen molar-refractivity contribution in [2.24, 2.45) is 0 Å². The number of aryl methyl sites for hydroxylation is 1. The number of thiazole rings is 1. The van der Waals surface area contributed by atoms with Crippen LogP contribution in [0, 0.1) is 6.92 Å². The Kier molecular flexibility index (Phi) is 3.80. The van der Waals surface area contributed by atoms with E-state index >= 15 is 0 Å². The molecule has 1 aromatic carbocycles. The topological polar surface area (TPSA) is 37.0 Å². The van der Waals surface area contributed by atoms with Gasteiger partial charge in [-0.25, -0.2) is 4.98 Å². The molecular formula is C15H19N3S. The van der Waals surface area contributed by atoms with E-state index in [4.69, 9.17) is 0 Å². The van der Waals surface area contributed by atoms with Gasteiger partial charge < -0.3 is 10.6 Å². The predicted molar refractivity (Wildman–Crippen MR) is 80.6 cm³/mol. The number of nitrogens with one attached hydrogen (secondary N) is 2. The monoisotopic (exact) mass is 273 g/mol. The minimum atomic E-state index is 0.426. The summed E-state index contributed by atoms with van der Waals surface area (Å²) in [6.45, 7) is 4.02. The van der Waals surface area contributed by atoms with Gasteiger partial charge in [0.15, 0.2) is 0 Å². The van der Waals surface area contributed by atoms with E-state index in [1.807, 2.05) is 6.20 Å². The molecule has 0 fully saturated rings. The number of aromatic nitrogens is 1. The van der Waals surface area contributed by atoms with Crippen LogP contribution in [-0.4, -0.2) is 11.5 Å². The summed E-state index contributed by atoms with van der Waals surface area (Å²) in [4.78, 5) is 5.70. The van der Waals surface area contributed by atoms with E-state index in [1.165, 1.54) is 34.0 Å². The second kappa shape index (κ2) is 5.72. The zero-order valence-corrected chi connectivity index (χ0v) is 12.0. The molecule has 0 saturated heterocycles. The number of hydrogen-bond acceptors (Lipinski definition) is 4. The molecule has 0 saturated carbocycles. The van der Waals surface area contributed by atoms with Gasteiger partial charge in [-0.2, -0.15) is 0 Å². The molecule has 2 N–H and O–H groups in total. The highest BCUT2D eigenvalue weighted by Crippen LogP contribution is 2.29. The Morgan fingerprint density at radius 1 is 1.42 bits per heavy atom. The Balaban J connectivity index is 1.73. The average Bonchev–Trinajstić information content (AvgIpc) is 2.73. The van der Waals surface area contributed by atoms with Crippen molar-refractivity contribution in [1.82, 2.24) is 10.3 Å². The zero-order valence-electron chi connectivity index (χ0n) is 11.1. The van der Waals surface area contributed by atoms with Crippen molar-refractivity contribution in [1.29, 1.82) is 0 Å². The normalized spacial score (nSPS) is 18.5. The summed E-state index contributed by atoms with van der Waals surface area (Å²) in [5, 5.41) is 8.33. The van der Waals surface area contributed by atoms with Gasteiger partial charge in [-0.1, -0.05) is 18.2 Å². The molecule has 0 amide bonds. The molecule has 1 atom stereocenters. The Labute approximate surface area is 118 Å². The van der Waals surface area contributed by atoms with Crippen molar-refractivity contribution in [3.05, 3.63) is 45.9 Å². The van der Waals surface area contributed by atoms with E-state index in [9.17, 15) is 0 Å². The van der Waals surface area contributed by atoms with E-state index in [0.29, 0.717) is 6.04 Å². The number of para-hydroxylation sites is 1. The lowest BCUT2D eigenvalue weighted by Gasteiger charge is -2.18. The second-order valence-corrected chi connectivity index (χ2v) is 6.27. The Hall–Kier alpha value is -1.39. The largest absolute Gasteiger partial charge is 0.385 e. The number of hydrogen-bond donors (Lipinski definition) is 2. The second-order valence-electron chi connectivity index (χ2n) is 4.95. The van der Waals surface area contributed by atoms with Crippen LogP contribution >= 0.6 is 11.3 Å². The number of rotatable bonds is 3. The number of fused-ring (bicyclic) bond motifs is 1. The first kappa shape index (κ1) is 12.6. The minimum Gasteiger partial charge on any atom is -0.385 e. The molecule has 19 heavy (non-hydrogen) atoms. The van der Waals surface area contributed by atoms with Crippen LogP contribution in [0.2, 0.25) is 0 Å². The maximum Gasteiger partial charge on any atom is 0.107 e. The first-order valence-corrected chi connectivity index (χ1v) is 7.62. The molecule has 100 valence electrons. The molecular weight excluding hydrogens is 254 g/mol. The van der Waals surface area contributed by atoms with Gasteiger partial charge in [0.05, 0.1) is 0 Å². The van der Waals surface area contributed by atoms with E-state index in [2.05, 4.69) is 46.8 Å². The van der Waals surface area contributed by atoms with Gasteiger partial charge in [0, 0.05) is 35.9 Å². The molecule has 0 spiro atoms. The summed E-state index contributed by atoms with van der Waals surface area (Å²) in [5.74, 6) is 0. The van der Waals surface area contributed by atoms with Gasteiger partial charge in [0.2, 0.25) is 0 Å². The first-order valence-electron chi connectivity index (χ1n) is 6.80. The van der Waals surface area contributed by atoms with Crippen molar-refractivity contribution in [3.8, 4) is 0 Å². The van der Waals surface area contributed by atoms with Gasteiger partial charge in [0.25, 0.3) is 0 Å². The minimum absolute atomic E-state index is 0.426. The molecule has 3 rings (SSSR count). The number of nitrogens with zero attached hydrogens (tertiary/aromatic N) is 1. The smallest absolute Gasteiger partial charge is 0.107 e. The maximum atomic E-state index is 4.42. The quantitative estimate of drug-likeness (QED) is 0.899. The van der Waals surface area contributed by atoms with E-state index in [0.717, 1.165) is 13.1 Å². The van der Waals surface area contributed by atoms with Crippen molar-refractivity contribution < 1.29 is 0 Å². The Bertz CT molecular complexity index is 550. The van der Waals surface area contributed by atoms with Gasteiger partial charge in [-0.15, -0.1) is 11.3 Å². The molecule has 1 aliphatic heterocycles. The number of benzene rings is 1. The summed E-state index contributed by atoms with van der Waals surface area (Å²) >= 11 is 1.77. The third-order valence-corrected chi connectivity index (χ3v) is 4.40. The Morgan fingerprint density at radius 2 is 2.32 bits per heavy atom. The third kappa shape index (κ3) is 2.96. The fraction of sp³-hybridized carbons (Fsp3) is 0.400. The van der Waals surface area contributed by atoms with Gasteiger partial charge in [-0.3, -0.25) is 0 Å². The molecule has 0 unspecified atom stereocenters. The van der Waals surface area contributed by atoms with Crippen molar-refractivity contribution in [2.75, 3.05) is 11.9 Å². The highest BCUT2D eigenvalue weighted by atomic mass is 32.1. The molecule has 0 bridgehead atoms. The van der Waals surface area contributed by atoms with Crippen LogP contribution in [0.5, 0.6) is 0 Å². The van der Waals surface area contributed by atoms with Crippen LogP contribution in [0.3, 0.4) is 0 Å². The lowest BCUT2D eigenvalue weighted by Crippen LogP contribution is -2.20. The summed E-state index contributed by atoms with van der Waals surface area (Å²) < 4.78 is 0. The first-order chi connectivity index (χ1) is 9.33. The lowest BCUT2D eigenvalue weighted by atomic mass is 10.0. The van der Waals surface area contributed by atoms with Crippen LogP contribution in [0.15, 0.2) is 30.5 Å². The molecule has 1 aliphatic rings. The predicted octanol–water partition coefficient (Wildman–Crippen LogP) is 3.49. The highest BCUT2D eigenvalue weighted by molar-refractivity contribution is 7.11. The molecule has 2 heterocycles. The summed E-state index contributed by atoms with van der Waals surface area (Å²) in [6.07, 6.45) is 4.32. The maximum absolute atomic E-state index is 4.42. The Morgan fingerprint density at radius 3 is 3.16 bits per heavy atom. The molecule has 1 aromatic heterocycles. The van der Waals surface area contributed by atoms with Crippen molar-refractivity contribution in [2.45, 2.75) is 32.4 Å². The van der Waals surface area contributed by atoms with Crippen LogP contribution < -0.4 is 10.6 Å². The van der Waals surface area contributed by atoms with Gasteiger partial charge in [0.1, 0.15) is 5.01 Å². The van der Waals surface area contributed by atoms with Crippen molar-refractivity contribution >= 4 is 17.0 Å². The SMILES string of the molecule is Cc1cnc(CN[C@@H]2CCCNc3ccccc32)s1. The van der Waals surface area contributed by atoms with Crippen molar-refractivity contribution in [3.63, 3.8) is 0 Å². The molecule has 4 heteroatoms. The van der Waals surface area contributed by atoms with E-state index in [-0.39, 0.29) is 0 Å². The van der Waals surface area contributed by atoms with Crippen LogP contribution in [0.4, 0.5) is 5.69 Å². The fourth-order valence-corrected chi connectivity index (χ4v) is 3.29. The molecule has 0 aliphatic carbocycles. The third-order valence-electron chi connectivity index (χ3n) is 3.49. The fourth-order valence-electron chi connectivity index (χ4n) is 2.55. The summed E-state index contributed by atoms with van der Waals surface area (Å²) in [7, 11) is 0. The molecule has 2 aromatic rings. The lowest BCUT2D eigenvalue weighted by molar-refractivity contribution is 0.497. The molecule has 3 nitrogen and oxygen atoms in total. The van der Waals surface area contributed by atoms with Crippen LogP contribution in [0.1, 0.15) is 34.3 Å². The van der Waals surface area contributed by atoms with Crippen LogP contribution in [0.25, 0.3) is 0 Å². The standard InChI is InChI=1S/C15H19N3S/c1-11-9-18-15(19-11)10-17-14-7-4-8-16-13-6-3-2-5-12(13)14/h2-3,5-6,9,14,16-17H,4,7-8,10H2,1H3/t14-/m1/s1. The summed E-state index contributed by atoms with van der Waals surface area (Å²) in [6, 6.07) is 9.03. The van der Waals surface area contributed by atoms with E-state index < -0.39 is 0 Å². The average molecular weight is 273 g/mol. The number of anilines is 1. The van der Waals surface area contributed by atoms with Crippen LogP contribution in [-0.2, 0) is 6.54 Å².